The Morgan fingerprint density at radius 1 is 1.47 bits per heavy atom. The Bertz CT molecular complexity index is 425. The van der Waals surface area contributed by atoms with Crippen LogP contribution in [0.2, 0.25) is 0 Å². The lowest BCUT2D eigenvalue weighted by Crippen LogP contribution is -2.22. The topological polar surface area (TPSA) is 65.6 Å². The third-order valence-corrected chi connectivity index (χ3v) is 2.66. The van der Waals surface area contributed by atoms with Crippen LogP contribution in [0.3, 0.4) is 0 Å². The normalized spacial score (nSPS) is 20.9. The van der Waals surface area contributed by atoms with Crippen molar-refractivity contribution in [3.8, 4) is 0 Å². The molecule has 0 radical (unpaired) electrons. The van der Waals surface area contributed by atoms with Gasteiger partial charge in [-0.1, -0.05) is 0 Å². The summed E-state index contributed by atoms with van der Waals surface area (Å²) in [5, 5.41) is 6.67. The van der Waals surface area contributed by atoms with Crippen molar-refractivity contribution in [2.75, 3.05) is 18.4 Å². The van der Waals surface area contributed by atoms with E-state index < -0.39 is 0 Å². The van der Waals surface area contributed by atoms with E-state index in [9.17, 15) is 0 Å². The summed E-state index contributed by atoms with van der Waals surface area (Å²) in [6, 6.07) is 4.36. The SMILES string of the molecule is c1cnc2nc(N[C@H]3CCNC3)[nH]c2c1. The molecule has 0 amide bonds. The van der Waals surface area contributed by atoms with Crippen molar-refractivity contribution in [3.05, 3.63) is 18.3 Å². The highest BCUT2D eigenvalue weighted by Crippen LogP contribution is 2.13. The molecule has 5 nitrogen and oxygen atoms in total. The summed E-state index contributed by atoms with van der Waals surface area (Å²) in [6.07, 6.45) is 2.90. The number of nitrogens with zero attached hydrogens (tertiary/aromatic N) is 2. The molecule has 0 bridgehead atoms. The number of imidazole rings is 1. The number of hydrogen-bond acceptors (Lipinski definition) is 4. The molecule has 78 valence electrons. The molecule has 0 saturated carbocycles. The standard InChI is InChI=1S/C10H13N5/c1-2-8-9(12-4-1)15-10(14-8)13-7-3-5-11-6-7/h1-2,4,7,11H,3,5-6H2,(H2,12,13,14,15)/t7-/m0/s1. The Labute approximate surface area is 87.3 Å². The first-order valence-electron chi connectivity index (χ1n) is 5.20. The van der Waals surface area contributed by atoms with Crippen molar-refractivity contribution >= 4 is 17.1 Å². The fraction of sp³-hybridized carbons (Fsp3) is 0.400. The Hall–Kier alpha value is -1.62. The fourth-order valence-electron chi connectivity index (χ4n) is 1.88. The van der Waals surface area contributed by atoms with E-state index in [-0.39, 0.29) is 0 Å². The molecule has 3 rings (SSSR count). The van der Waals surface area contributed by atoms with Gasteiger partial charge in [-0.3, -0.25) is 0 Å². The van der Waals surface area contributed by atoms with Gasteiger partial charge in [-0.25, -0.2) is 4.98 Å². The van der Waals surface area contributed by atoms with E-state index in [2.05, 4.69) is 25.6 Å². The Morgan fingerprint density at radius 3 is 3.27 bits per heavy atom. The monoisotopic (exact) mass is 203 g/mol. The molecule has 1 saturated heterocycles. The van der Waals surface area contributed by atoms with Crippen molar-refractivity contribution in [1.29, 1.82) is 0 Å². The van der Waals surface area contributed by atoms with Gasteiger partial charge in [-0.05, 0) is 25.1 Å². The number of pyridine rings is 1. The summed E-state index contributed by atoms with van der Waals surface area (Å²) in [5.74, 6) is 0.817. The lowest BCUT2D eigenvalue weighted by atomic mass is 10.3. The number of hydrogen-bond donors (Lipinski definition) is 3. The molecule has 2 aromatic rings. The molecule has 2 aromatic heterocycles. The summed E-state index contributed by atoms with van der Waals surface area (Å²) >= 11 is 0. The van der Waals surface area contributed by atoms with Crippen LogP contribution in [0.5, 0.6) is 0 Å². The molecular formula is C10H13N5. The van der Waals surface area contributed by atoms with Gasteiger partial charge in [0.2, 0.25) is 5.95 Å². The minimum atomic E-state index is 0.477. The van der Waals surface area contributed by atoms with Gasteiger partial charge in [0.1, 0.15) is 0 Å². The molecule has 1 atom stereocenters. The zero-order valence-electron chi connectivity index (χ0n) is 8.33. The smallest absolute Gasteiger partial charge is 0.202 e. The molecule has 3 N–H and O–H groups in total. The summed E-state index contributed by atoms with van der Waals surface area (Å²) in [6.45, 7) is 2.08. The van der Waals surface area contributed by atoms with E-state index in [0.717, 1.165) is 36.6 Å². The predicted octanol–water partition coefficient (Wildman–Crippen LogP) is 0.732. The largest absolute Gasteiger partial charge is 0.352 e. The number of fused-ring (bicyclic) bond motifs is 1. The first-order valence-corrected chi connectivity index (χ1v) is 5.20. The number of nitrogens with one attached hydrogen (secondary N) is 3. The van der Waals surface area contributed by atoms with E-state index in [1.54, 1.807) is 6.20 Å². The molecule has 1 aliphatic rings. The van der Waals surface area contributed by atoms with E-state index in [4.69, 9.17) is 0 Å². The number of aromatic amines is 1. The van der Waals surface area contributed by atoms with Crippen LogP contribution in [0.4, 0.5) is 5.95 Å². The van der Waals surface area contributed by atoms with Gasteiger partial charge in [0, 0.05) is 18.8 Å². The molecule has 1 fully saturated rings. The van der Waals surface area contributed by atoms with E-state index in [1.807, 2.05) is 12.1 Å². The summed E-state index contributed by atoms with van der Waals surface area (Å²) in [5.41, 5.74) is 1.75. The van der Waals surface area contributed by atoms with Crippen molar-refractivity contribution in [2.24, 2.45) is 0 Å². The zero-order valence-corrected chi connectivity index (χ0v) is 8.33. The van der Waals surface area contributed by atoms with E-state index in [0.29, 0.717) is 6.04 Å². The molecule has 3 heterocycles. The van der Waals surface area contributed by atoms with Gasteiger partial charge in [-0.15, -0.1) is 0 Å². The Morgan fingerprint density at radius 2 is 2.47 bits per heavy atom. The van der Waals surface area contributed by atoms with E-state index in [1.165, 1.54) is 0 Å². The summed E-state index contributed by atoms with van der Waals surface area (Å²) in [7, 11) is 0. The number of H-pyrrole nitrogens is 1. The zero-order chi connectivity index (χ0) is 10.1. The molecule has 0 aromatic carbocycles. The molecule has 1 aliphatic heterocycles. The van der Waals surface area contributed by atoms with Gasteiger partial charge in [0.25, 0.3) is 0 Å². The molecule has 15 heavy (non-hydrogen) atoms. The van der Waals surface area contributed by atoms with E-state index >= 15 is 0 Å². The van der Waals surface area contributed by atoms with Crippen LogP contribution in [0, 0.1) is 0 Å². The highest BCUT2D eigenvalue weighted by atomic mass is 15.2. The fourth-order valence-corrected chi connectivity index (χ4v) is 1.88. The first-order chi connectivity index (χ1) is 7.42. The predicted molar refractivity (Wildman–Crippen MR) is 58.8 cm³/mol. The minimum Gasteiger partial charge on any atom is -0.352 e. The third kappa shape index (κ3) is 1.66. The maximum absolute atomic E-state index is 4.37. The van der Waals surface area contributed by atoms with Crippen molar-refractivity contribution in [2.45, 2.75) is 12.5 Å². The lowest BCUT2D eigenvalue weighted by molar-refractivity contribution is 0.784. The quantitative estimate of drug-likeness (QED) is 0.673. The highest BCUT2D eigenvalue weighted by molar-refractivity contribution is 5.72. The summed E-state index contributed by atoms with van der Waals surface area (Å²) in [4.78, 5) is 11.8. The third-order valence-electron chi connectivity index (χ3n) is 2.66. The Balaban J connectivity index is 1.84. The Kier molecular flexibility index (Phi) is 2.03. The minimum absolute atomic E-state index is 0.477. The molecule has 0 aliphatic carbocycles. The maximum Gasteiger partial charge on any atom is 0.202 e. The molecule has 0 unspecified atom stereocenters. The number of rotatable bonds is 2. The second-order valence-electron chi connectivity index (χ2n) is 3.79. The van der Waals surface area contributed by atoms with Gasteiger partial charge >= 0.3 is 0 Å². The van der Waals surface area contributed by atoms with Gasteiger partial charge in [0.05, 0.1) is 5.52 Å². The number of anilines is 1. The van der Waals surface area contributed by atoms with Crippen molar-refractivity contribution in [1.82, 2.24) is 20.3 Å². The molecular weight excluding hydrogens is 190 g/mol. The highest BCUT2D eigenvalue weighted by Gasteiger charge is 2.15. The van der Waals surface area contributed by atoms with Crippen LogP contribution in [0.15, 0.2) is 18.3 Å². The van der Waals surface area contributed by atoms with Crippen LogP contribution < -0.4 is 10.6 Å². The molecule has 0 spiro atoms. The van der Waals surface area contributed by atoms with Crippen molar-refractivity contribution < 1.29 is 0 Å². The second-order valence-corrected chi connectivity index (χ2v) is 3.79. The van der Waals surface area contributed by atoms with Gasteiger partial charge in [0.15, 0.2) is 5.65 Å². The number of aromatic nitrogens is 3. The van der Waals surface area contributed by atoms with Gasteiger partial charge < -0.3 is 15.6 Å². The summed E-state index contributed by atoms with van der Waals surface area (Å²) < 4.78 is 0. The lowest BCUT2D eigenvalue weighted by Gasteiger charge is -2.08. The van der Waals surface area contributed by atoms with Crippen LogP contribution >= 0.6 is 0 Å². The average Bonchev–Trinajstić information content (AvgIpc) is 2.86. The average molecular weight is 203 g/mol. The van der Waals surface area contributed by atoms with Crippen LogP contribution in [0.1, 0.15) is 6.42 Å². The van der Waals surface area contributed by atoms with Crippen LogP contribution in [-0.2, 0) is 0 Å². The van der Waals surface area contributed by atoms with Crippen LogP contribution in [0.25, 0.3) is 11.2 Å². The second kappa shape index (κ2) is 3.51. The van der Waals surface area contributed by atoms with Crippen molar-refractivity contribution in [3.63, 3.8) is 0 Å². The first kappa shape index (κ1) is 8.67. The maximum atomic E-state index is 4.37. The van der Waals surface area contributed by atoms with Crippen LogP contribution in [-0.4, -0.2) is 34.1 Å². The molecule has 5 heteroatoms. The van der Waals surface area contributed by atoms with Gasteiger partial charge in [-0.2, -0.15) is 4.98 Å².